The summed E-state index contributed by atoms with van der Waals surface area (Å²) in [4.78, 5) is -0.0459. The van der Waals surface area contributed by atoms with Gasteiger partial charge in [-0.1, -0.05) is 12.2 Å². The number of hydrogen-bond donors (Lipinski definition) is 2. The fourth-order valence-electron chi connectivity index (χ4n) is 1.25. The third kappa shape index (κ3) is 3.87. The largest absolute Gasteiger partial charge is 0.392 e. The summed E-state index contributed by atoms with van der Waals surface area (Å²) < 4.78 is 26.9. The summed E-state index contributed by atoms with van der Waals surface area (Å²) in [6.07, 6.45) is 1.76. The Labute approximate surface area is 99.9 Å². The van der Waals surface area contributed by atoms with Gasteiger partial charge in [-0.15, -0.1) is 0 Å². The zero-order chi connectivity index (χ0) is 12.3. The molecule has 90 valence electrons. The van der Waals surface area contributed by atoms with Crippen molar-refractivity contribution in [3.8, 4) is 0 Å². The number of aryl methyl sites for hydroxylation is 2. The molecular formula is C8H14N4O2S2. The van der Waals surface area contributed by atoms with E-state index in [9.17, 15) is 8.42 Å². The van der Waals surface area contributed by atoms with Gasteiger partial charge in [-0.3, -0.25) is 4.68 Å². The van der Waals surface area contributed by atoms with Gasteiger partial charge in [-0.2, -0.15) is 5.10 Å². The van der Waals surface area contributed by atoms with Crippen molar-refractivity contribution in [2.75, 3.05) is 5.75 Å². The predicted octanol–water partition coefficient (Wildman–Crippen LogP) is -0.566. The monoisotopic (exact) mass is 262 g/mol. The van der Waals surface area contributed by atoms with Crippen molar-refractivity contribution in [3.05, 3.63) is 17.5 Å². The van der Waals surface area contributed by atoms with Crippen LogP contribution in [0.5, 0.6) is 0 Å². The molecule has 0 spiro atoms. The molecule has 1 aromatic rings. The van der Waals surface area contributed by atoms with Crippen LogP contribution in [0.15, 0.2) is 6.20 Å². The van der Waals surface area contributed by atoms with Crippen molar-refractivity contribution in [2.45, 2.75) is 13.5 Å². The molecule has 16 heavy (non-hydrogen) atoms. The van der Waals surface area contributed by atoms with Crippen molar-refractivity contribution >= 4 is 27.2 Å². The molecule has 0 saturated heterocycles. The van der Waals surface area contributed by atoms with E-state index in [4.69, 9.17) is 5.73 Å². The lowest BCUT2D eigenvalue weighted by Gasteiger charge is -2.04. The SMILES string of the molecule is Cc1nn(C)cc1CNS(=O)(=O)CC(N)=S. The summed E-state index contributed by atoms with van der Waals surface area (Å²) in [5.41, 5.74) is 6.80. The predicted molar refractivity (Wildman–Crippen MR) is 65.4 cm³/mol. The first-order valence-electron chi connectivity index (χ1n) is 4.55. The van der Waals surface area contributed by atoms with Crippen LogP contribution in [0.4, 0.5) is 0 Å². The summed E-state index contributed by atoms with van der Waals surface area (Å²) in [7, 11) is -1.66. The minimum Gasteiger partial charge on any atom is -0.392 e. The zero-order valence-corrected chi connectivity index (χ0v) is 10.7. The molecule has 0 saturated carbocycles. The average Bonchev–Trinajstić information content (AvgIpc) is 2.39. The smallest absolute Gasteiger partial charge is 0.218 e. The first-order valence-corrected chi connectivity index (χ1v) is 6.61. The van der Waals surface area contributed by atoms with Gasteiger partial charge in [-0.05, 0) is 6.92 Å². The van der Waals surface area contributed by atoms with E-state index in [1.54, 1.807) is 17.9 Å². The Morgan fingerprint density at radius 1 is 1.69 bits per heavy atom. The molecule has 6 nitrogen and oxygen atoms in total. The second-order valence-corrected chi connectivity index (χ2v) is 5.79. The highest BCUT2D eigenvalue weighted by Gasteiger charge is 2.12. The average molecular weight is 262 g/mol. The number of hydrogen-bond acceptors (Lipinski definition) is 4. The first kappa shape index (κ1) is 13.1. The molecule has 0 atom stereocenters. The molecule has 0 aliphatic rings. The topological polar surface area (TPSA) is 90.0 Å². The standard InChI is InChI=1S/C8H14N4O2S2/c1-6-7(4-12(2)11-6)3-10-16(13,14)5-8(9)15/h4,10H,3,5H2,1-2H3,(H2,9,15). The van der Waals surface area contributed by atoms with Crippen LogP contribution >= 0.6 is 12.2 Å². The van der Waals surface area contributed by atoms with E-state index in [1.165, 1.54) is 0 Å². The molecule has 0 aliphatic heterocycles. The molecule has 0 fully saturated rings. The second kappa shape index (κ2) is 4.89. The molecule has 0 amide bonds. The van der Waals surface area contributed by atoms with Crippen LogP contribution in [-0.2, 0) is 23.6 Å². The van der Waals surface area contributed by atoms with E-state index >= 15 is 0 Å². The third-order valence-corrected chi connectivity index (χ3v) is 3.53. The minimum absolute atomic E-state index is 0.0459. The number of nitrogens with two attached hydrogens (primary N) is 1. The van der Waals surface area contributed by atoms with E-state index in [2.05, 4.69) is 22.0 Å². The number of thiocarbonyl (C=S) groups is 1. The lowest BCUT2D eigenvalue weighted by atomic mass is 10.3. The number of nitrogens with zero attached hydrogens (tertiary/aromatic N) is 2. The number of aromatic nitrogens is 2. The highest BCUT2D eigenvalue weighted by Crippen LogP contribution is 2.04. The molecule has 0 unspecified atom stereocenters. The van der Waals surface area contributed by atoms with Crippen molar-refractivity contribution in [2.24, 2.45) is 12.8 Å². The quantitative estimate of drug-likeness (QED) is 0.694. The summed E-state index contributed by atoms with van der Waals surface area (Å²) in [6.45, 7) is 2.02. The maximum atomic E-state index is 11.4. The summed E-state index contributed by atoms with van der Waals surface area (Å²) >= 11 is 4.55. The molecule has 3 N–H and O–H groups in total. The molecule has 1 rings (SSSR count). The van der Waals surface area contributed by atoms with Crippen LogP contribution in [0.3, 0.4) is 0 Å². The van der Waals surface area contributed by atoms with Gasteiger partial charge in [-0.25, -0.2) is 13.1 Å². The Bertz CT molecular complexity index is 492. The van der Waals surface area contributed by atoms with Crippen LogP contribution in [0, 0.1) is 6.92 Å². The Balaban J connectivity index is 2.64. The van der Waals surface area contributed by atoms with Gasteiger partial charge in [0.25, 0.3) is 0 Å². The fraction of sp³-hybridized carbons (Fsp3) is 0.500. The summed E-state index contributed by atoms with van der Waals surface area (Å²) in [5.74, 6) is -0.332. The molecule has 0 aliphatic carbocycles. The summed E-state index contributed by atoms with van der Waals surface area (Å²) in [5, 5.41) is 4.10. The second-order valence-electron chi connectivity index (χ2n) is 3.46. The molecule has 8 heteroatoms. The Hall–Kier alpha value is -0.990. The molecule has 1 heterocycles. The number of nitrogens with one attached hydrogen (secondary N) is 1. The Kier molecular flexibility index (Phi) is 4.00. The van der Waals surface area contributed by atoms with Crippen LogP contribution in [-0.4, -0.2) is 28.9 Å². The molecular weight excluding hydrogens is 248 g/mol. The van der Waals surface area contributed by atoms with Gasteiger partial charge in [0.2, 0.25) is 10.0 Å². The van der Waals surface area contributed by atoms with Crippen LogP contribution in [0.2, 0.25) is 0 Å². The fourth-order valence-corrected chi connectivity index (χ4v) is 2.57. The van der Waals surface area contributed by atoms with Crippen molar-refractivity contribution in [1.82, 2.24) is 14.5 Å². The van der Waals surface area contributed by atoms with E-state index < -0.39 is 10.0 Å². The van der Waals surface area contributed by atoms with Gasteiger partial charge in [0.05, 0.1) is 10.7 Å². The Morgan fingerprint density at radius 3 is 2.75 bits per heavy atom. The molecule has 0 bridgehead atoms. The zero-order valence-electron chi connectivity index (χ0n) is 9.10. The lowest BCUT2D eigenvalue weighted by Crippen LogP contribution is -2.32. The molecule has 0 radical (unpaired) electrons. The number of sulfonamides is 1. The van der Waals surface area contributed by atoms with Gasteiger partial charge >= 0.3 is 0 Å². The maximum absolute atomic E-state index is 11.4. The molecule has 1 aromatic heterocycles. The van der Waals surface area contributed by atoms with E-state index in [-0.39, 0.29) is 17.3 Å². The Morgan fingerprint density at radius 2 is 2.31 bits per heavy atom. The van der Waals surface area contributed by atoms with Gasteiger partial charge < -0.3 is 5.73 Å². The van der Waals surface area contributed by atoms with Gasteiger partial charge in [0, 0.05) is 25.4 Å². The van der Waals surface area contributed by atoms with Gasteiger partial charge in [0.15, 0.2) is 0 Å². The number of rotatable bonds is 5. The van der Waals surface area contributed by atoms with Crippen molar-refractivity contribution in [3.63, 3.8) is 0 Å². The highest BCUT2D eigenvalue weighted by molar-refractivity contribution is 7.92. The summed E-state index contributed by atoms with van der Waals surface area (Å²) in [6, 6.07) is 0. The minimum atomic E-state index is -3.44. The molecule has 0 aromatic carbocycles. The van der Waals surface area contributed by atoms with Crippen molar-refractivity contribution < 1.29 is 8.42 Å². The van der Waals surface area contributed by atoms with Crippen LogP contribution < -0.4 is 10.5 Å². The first-order chi connectivity index (χ1) is 7.30. The van der Waals surface area contributed by atoms with E-state index in [0.717, 1.165) is 11.3 Å². The van der Waals surface area contributed by atoms with E-state index in [0.29, 0.717) is 0 Å². The van der Waals surface area contributed by atoms with Crippen LogP contribution in [0.1, 0.15) is 11.3 Å². The van der Waals surface area contributed by atoms with Crippen LogP contribution in [0.25, 0.3) is 0 Å². The van der Waals surface area contributed by atoms with E-state index in [1.807, 2.05) is 6.92 Å². The third-order valence-electron chi connectivity index (χ3n) is 1.93. The van der Waals surface area contributed by atoms with Gasteiger partial charge in [0.1, 0.15) is 5.75 Å². The normalized spacial score (nSPS) is 11.6. The lowest BCUT2D eigenvalue weighted by molar-refractivity contribution is 0.585. The highest BCUT2D eigenvalue weighted by atomic mass is 32.2. The van der Waals surface area contributed by atoms with Crippen molar-refractivity contribution in [1.29, 1.82) is 0 Å². The maximum Gasteiger partial charge on any atom is 0.218 e.